The van der Waals surface area contributed by atoms with Crippen molar-refractivity contribution in [1.82, 2.24) is 19.7 Å². The van der Waals surface area contributed by atoms with Gasteiger partial charge in [0.05, 0.1) is 6.20 Å². The van der Waals surface area contributed by atoms with Gasteiger partial charge < -0.3 is 10.2 Å². The number of hydrogen-bond acceptors (Lipinski definition) is 4. The van der Waals surface area contributed by atoms with Crippen LogP contribution in [0.3, 0.4) is 0 Å². The monoisotopic (exact) mass is 259 g/mol. The van der Waals surface area contributed by atoms with E-state index in [0.717, 1.165) is 5.56 Å². The highest BCUT2D eigenvalue weighted by atomic mass is 16.2. The normalized spacial score (nSPS) is 10.3. The first kappa shape index (κ1) is 13.1. The maximum Gasteiger partial charge on any atom is 0.272 e. The maximum atomic E-state index is 12.2. The summed E-state index contributed by atoms with van der Waals surface area (Å²) in [6.07, 6.45) is 3.64. The number of anilines is 1. The number of aryl methyl sites for hydroxylation is 1. The molecule has 2 aromatic heterocycles. The number of aromatic nitrogens is 3. The van der Waals surface area contributed by atoms with Gasteiger partial charge in [-0.2, -0.15) is 5.10 Å². The van der Waals surface area contributed by atoms with Crippen molar-refractivity contribution in [2.75, 3.05) is 19.4 Å². The largest absolute Gasteiger partial charge is 0.373 e. The van der Waals surface area contributed by atoms with Gasteiger partial charge in [0.25, 0.3) is 5.91 Å². The number of rotatable bonds is 4. The van der Waals surface area contributed by atoms with Crippen molar-refractivity contribution < 1.29 is 4.79 Å². The molecule has 0 unspecified atom stereocenters. The van der Waals surface area contributed by atoms with E-state index in [1.54, 1.807) is 35.9 Å². The fourth-order valence-electron chi connectivity index (χ4n) is 1.79. The summed E-state index contributed by atoms with van der Waals surface area (Å²) in [5, 5.41) is 7.00. The molecule has 0 fully saturated rings. The van der Waals surface area contributed by atoms with Gasteiger partial charge in [-0.1, -0.05) is 6.07 Å². The lowest BCUT2D eigenvalue weighted by Gasteiger charge is -2.16. The van der Waals surface area contributed by atoms with Crippen LogP contribution in [-0.2, 0) is 13.6 Å². The molecule has 1 N–H and O–H groups in total. The molecule has 19 heavy (non-hydrogen) atoms. The summed E-state index contributed by atoms with van der Waals surface area (Å²) in [7, 11) is 5.38. The lowest BCUT2D eigenvalue weighted by atomic mass is 10.3. The fourth-order valence-corrected chi connectivity index (χ4v) is 1.79. The molecule has 0 bridgehead atoms. The predicted molar refractivity (Wildman–Crippen MR) is 72.8 cm³/mol. The third kappa shape index (κ3) is 3.09. The van der Waals surface area contributed by atoms with Gasteiger partial charge in [0.1, 0.15) is 11.5 Å². The standard InChI is InChI=1S/C13H17N5O/c1-14-12-6-4-5-11(16-12)13(19)17(2)8-10-7-15-18(3)9-10/h4-7,9H,8H2,1-3H3,(H,14,16). The van der Waals surface area contributed by atoms with E-state index < -0.39 is 0 Å². The zero-order chi connectivity index (χ0) is 13.8. The smallest absolute Gasteiger partial charge is 0.272 e. The van der Waals surface area contributed by atoms with Crippen molar-refractivity contribution in [3.8, 4) is 0 Å². The zero-order valence-electron chi connectivity index (χ0n) is 11.3. The van der Waals surface area contributed by atoms with E-state index in [1.807, 2.05) is 25.4 Å². The molecule has 0 spiro atoms. The topological polar surface area (TPSA) is 63.1 Å². The van der Waals surface area contributed by atoms with Crippen LogP contribution in [0.4, 0.5) is 5.82 Å². The highest BCUT2D eigenvalue weighted by molar-refractivity contribution is 5.92. The van der Waals surface area contributed by atoms with Crippen LogP contribution >= 0.6 is 0 Å². The van der Waals surface area contributed by atoms with E-state index in [4.69, 9.17) is 0 Å². The Bertz CT molecular complexity index is 578. The van der Waals surface area contributed by atoms with E-state index in [2.05, 4.69) is 15.4 Å². The number of nitrogens with zero attached hydrogens (tertiary/aromatic N) is 4. The van der Waals surface area contributed by atoms with Crippen molar-refractivity contribution in [1.29, 1.82) is 0 Å². The molecule has 0 atom stereocenters. The molecule has 1 amide bonds. The minimum Gasteiger partial charge on any atom is -0.373 e. The Kier molecular flexibility index (Phi) is 3.79. The predicted octanol–water partition coefficient (Wildman–Crippen LogP) is 1.13. The summed E-state index contributed by atoms with van der Waals surface area (Å²) in [5.41, 5.74) is 1.42. The first-order chi connectivity index (χ1) is 9.10. The second-order valence-electron chi connectivity index (χ2n) is 4.34. The first-order valence-corrected chi connectivity index (χ1v) is 5.98. The Morgan fingerprint density at radius 1 is 1.47 bits per heavy atom. The highest BCUT2D eigenvalue weighted by Crippen LogP contribution is 2.08. The van der Waals surface area contributed by atoms with Crippen LogP contribution in [0.2, 0.25) is 0 Å². The number of carbonyl (C=O) groups is 1. The van der Waals surface area contributed by atoms with Crippen molar-refractivity contribution in [3.63, 3.8) is 0 Å². The number of pyridine rings is 1. The summed E-state index contributed by atoms with van der Waals surface area (Å²) in [6.45, 7) is 0.512. The molecule has 0 aliphatic heterocycles. The van der Waals surface area contributed by atoms with E-state index in [1.165, 1.54) is 0 Å². The van der Waals surface area contributed by atoms with E-state index in [9.17, 15) is 4.79 Å². The molecule has 0 saturated heterocycles. The summed E-state index contributed by atoms with van der Waals surface area (Å²) >= 11 is 0. The van der Waals surface area contributed by atoms with Crippen LogP contribution < -0.4 is 5.32 Å². The Balaban J connectivity index is 2.09. The van der Waals surface area contributed by atoms with Crippen LogP contribution in [0, 0.1) is 0 Å². The number of amides is 1. The minimum absolute atomic E-state index is 0.110. The van der Waals surface area contributed by atoms with E-state index in [0.29, 0.717) is 18.1 Å². The number of carbonyl (C=O) groups excluding carboxylic acids is 1. The van der Waals surface area contributed by atoms with Crippen LogP contribution in [-0.4, -0.2) is 39.7 Å². The summed E-state index contributed by atoms with van der Waals surface area (Å²) < 4.78 is 1.72. The average molecular weight is 259 g/mol. The zero-order valence-corrected chi connectivity index (χ0v) is 11.3. The Morgan fingerprint density at radius 3 is 2.89 bits per heavy atom. The molecule has 0 aliphatic rings. The summed E-state index contributed by atoms with van der Waals surface area (Å²) in [6, 6.07) is 5.34. The molecule has 0 aliphatic carbocycles. The Labute approximate surface area is 112 Å². The van der Waals surface area contributed by atoms with Gasteiger partial charge in [0, 0.05) is 39.4 Å². The van der Waals surface area contributed by atoms with Gasteiger partial charge in [-0.05, 0) is 12.1 Å². The lowest BCUT2D eigenvalue weighted by Crippen LogP contribution is -2.27. The third-order valence-corrected chi connectivity index (χ3v) is 2.75. The maximum absolute atomic E-state index is 12.2. The molecule has 0 saturated carbocycles. The van der Waals surface area contributed by atoms with Crippen LogP contribution in [0.15, 0.2) is 30.6 Å². The molecule has 6 nitrogen and oxygen atoms in total. The fraction of sp³-hybridized carbons (Fsp3) is 0.308. The second-order valence-corrected chi connectivity index (χ2v) is 4.34. The molecule has 2 aromatic rings. The molecule has 6 heteroatoms. The molecule has 2 heterocycles. The van der Waals surface area contributed by atoms with Crippen LogP contribution in [0.1, 0.15) is 16.1 Å². The highest BCUT2D eigenvalue weighted by Gasteiger charge is 2.14. The molecule has 100 valence electrons. The van der Waals surface area contributed by atoms with Gasteiger partial charge in [-0.15, -0.1) is 0 Å². The van der Waals surface area contributed by atoms with Gasteiger partial charge >= 0.3 is 0 Å². The molecule has 0 radical (unpaired) electrons. The Hall–Kier alpha value is -2.37. The molecule has 2 rings (SSSR count). The second kappa shape index (κ2) is 5.51. The number of nitrogens with one attached hydrogen (secondary N) is 1. The summed E-state index contributed by atoms with van der Waals surface area (Å²) in [4.78, 5) is 18.1. The van der Waals surface area contributed by atoms with Crippen LogP contribution in [0.25, 0.3) is 0 Å². The van der Waals surface area contributed by atoms with E-state index >= 15 is 0 Å². The quantitative estimate of drug-likeness (QED) is 0.894. The van der Waals surface area contributed by atoms with Crippen molar-refractivity contribution in [2.24, 2.45) is 7.05 Å². The van der Waals surface area contributed by atoms with Crippen LogP contribution in [0.5, 0.6) is 0 Å². The third-order valence-electron chi connectivity index (χ3n) is 2.75. The minimum atomic E-state index is -0.110. The SMILES string of the molecule is CNc1cccc(C(=O)N(C)Cc2cnn(C)c2)n1. The lowest BCUT2D eigenvalue weighted by molar-refractivity contribution is 0.0779. The summed E-state index contributed by atoms with van der Waals surface area (Å²) in [5.74, 6) is 0.571. The van der Waals surface area contributed by atoms with Crippen molar-refractivity contribution in [2.45, 2.75) is 6.54 Å². The number of hydrogen-bond donors (Lipinski definition) is 1. The molecule has 0 aromatic carbocycles. The molecular formula is C13H17N5O. The van der Waals surface area contributed by atoms with E-state index in [-0.39, 0.29) is 5.91 Å². The Morgan fingerprint density at radius 2 is 2.26 bits per heavy atom. The van der Waals surface area contributed by atoms with Crippen molar-refractivity contribution >= 4 is 11.7 Å². The van der Waals surface area contributed by atoms with Gasteiger partial charge in [0.15, 0.2) is 0 Å². The van der Waals surface area contributed by atoms with Crippen molar-refractivity contribution in [3.05, 3.63) is 41.9 Å². The van der Waals surface area contributed by atoms with Gasteiger partial charge in [0.2, 0.25) is 0 Å². The average Bonchev–Trinajstić information content (AvgIpc) is 2.83. The van der Waals surface area contributed by atoms with Gasteiger partial charge in [-0.3, -0.25) is 9.48 Å². The van der Waals surface area contributed by atoms with Gasteiger partial charge in [-0.25, -0.2) is 4.98 Å². The first-order valence-electron chi connectivity index (χ1n) is 5.98. The molecular weight excluding hydrogens is 242 g/mol.